The molecule has 0 aromatic heterocycles. The summed E-state index contributed by atoms with van der Waals surface area (Å²) in [6.07, 6.45) is 0.0844. The van der Waals surface area contributed by atoms with Crippen LogP contribution >= 0.6 is 18.7 Å². The first kappa shape index (κ1) is 26.7. The molecule has 1 heterocycles. The fourth-order valence-electron chi connectivity index (χ4n) is 4.20. The molecule has 2 N–H and O–H groups in total. The van der Waals surface area contributed by atoms with Crippen molar-refractivity contribution in [2.75, 3.05) is 30.1 Å². The van der Waals surface area contributed by atoms with Crippen LogP contribution in [0.3, 0.4) is 0 Å². The van der Waals surface area contributed by atoms with Gasteiger partial charge in [-0.05, 0) is 61.7 Å². The van der Waals surface area contributed by atoms with Gasteiger partial charge in [0.25, 0.3) is 0 Å². The van der Waals surface area contributed by atoms with Crippen molar-refractivity contribution in [3.8, 4) is 11.1 Å². The molecule has 1 aliphatic rings. The maximum absolute atomic E-state index is 15.2. The molecule has 12 heteroatoms. The predicted molar refractivity (Wildman–Crippen MR) is 135 cm³/mol. The van der Waals surface area contributed by atoms with E-state index < -0.39 is 48.4 Å². The molecule has 37 heavy (non-hydrogen) atoms. The third kappa shape index (κ3) is 5.36. The lowest BCUT2D eigenvalue weighted by Gasteiger charge is -2.20. The molecule has 0 aliphatic carbocycles. The fraction of sp³-hybridized carbons (Fsp3) is 0.200. The van der Waals surface area contributed by atoms with Crippen molar-refractivity contribution >= 4 is 47.4 Å². The Morgan fingerprint density at radius 1 is 1.00 bits per heavy atom. The summed E-state index contributed by atoms with van der Waals surface area (Å²) in [4.78, 5) is 26.1. The summed E-state index contributed by atoms with van der Waals surface area (Å²) >= 11 is 5.68. The molecule has 3 aromatic carbocycles. The van der Waals surface area contributed by atoms with Crippen LogP contribution in [0.2, 0.25) is 5.02 Å². The third-order valence-corrected chi connectivity index (χ3v) is 7.62. The Hall–Kier alpha value is -3.36. The average Bonchev–Trinajstić information content (AvgIpc) is 3.16. The quantitative estimate of drug-likeness (QED) is 0.312. The van der Waals surface area contributed by atoms with Crippen molar-refractivity contribution in [1.82, 2.24) is 5.32 Å². The highest BCUT2D eigenvalue weighted by Crippen LogP contribution is 2.41. The lowest BCUT2D eigenvalue weighted by atomic mass is 10.0. The molecule has 194 valence electrons. The Labute approximate surface area is 215 Å². The Balaban J connectivity index is 1.55. The second-order valence-corrected chi connectivity index (χ2v) is 12.4. The van der Waals surface area contributed by atoms with Crippen molar-refractivity contribution in [2.24, 2.45) is 0 Å². The second-order valence-electron chi connectivity index (χ2n) is 8.80. The van der Waals surface area contributed by atoms with E-state index in [0.717, 1.165) is 17.0 Å². The number of nitrogens with zero attached hydrogens (tertiary/aromatic N) is 1. The Morgan fingerprint density at radius 3 is 2.41 bits per heavy atom. The molecule has 0 bridgehead atoms. The minimum Gasteiger partial charge on any atom is -0.326 e. The van der Waals surface area contributed by atoms with Crippen LogP contribution in [0.5, 0.6) is 0 Å². The van der Waals surface area contributed by atoms with Gasteiger partial charge in [-0.25, -0.2) is 22.4 Å². The molecule has 1 aliphatic heterocycles. The zero-order chi connectivity index (χ0) is 27.1. The third-order valence-electron chi connectivity index (χ3n) is 5.86. The summed E-state index contributed by atoms with van der Waals surface area (Å²) < 4.78 is 71.4. The molecule has 1 saturated heterocycles. The predicted octanol–water partition coefficient (Wildman–Crippen LogP) is 5.74. The Morgan fingerprint density at radius 2 is 1.73 bits per heavy atom. The summed E-state index contributed by atoms with van der Waals surface area (Å²) in [5.74, 6) is -4.95. The van der Waals surface area contributed by atoms with E-state index in [2.05, 4.69) is 10.6 Å². The molecule has 6 nitrogen and oxygen atoms in total. The summed E-state index contributed by atoms with van der Waals surface area (Å²) in [5.41, 5.74) is -0.873. The fourth-order valence-corrected chi connectivity index (χ4v) is 5.72. The van der Waals surface area contributed by atoms with Gasteiger partial charge in [-0.3, -0.25) is 4.79 Å². The van der Waals surface area contributed by atoms with Gasteiger partial charge in [-0.15, -0.1) is 0 Å². The minimum atomic E-state index is -3.19. The summed E-state index contributed by atoms with van der Waals surface area (Å²) in [6, 6.07) is 7.78. The number of anilines is 2. The van der Waals surface area contributed by atoms with Crippen LogP contribution in [0, 0.1) is 23.3 Å². The van der Waals surface area contributed by atoms with Gasteiger partial charge in [-0.1, -0.05) is 23.7 Å². The van der Waals surface area contributed by atoms with Crippen LogP contribution in [-0.2, 0) is 9.36 Å². The van der Waals surface area contributed by atoms with Crippen LogP contribution in [-0.4, -0.2) is 37.9 Å². The number of hydrogen-bond donors (Lipinski definition) is 2. The highest BCUT2D eigenvalue weighted by Gasteiger charge is 2.36. The molecule has 3 aromatic rings. The highest BCUT2D eigenvalue weighted by molar-refractivity contribution is 7.70. The normalized spacial score (nSPS) is 15.7. The van der Waals surface area contributed by atoms with E-state index in [9.17, 15) is 22.9 Å². The van der Waals surface area contributed by atoms with Gasteiger partial charge in [-0.2, -0.15) is 0 Å². The maximum Gasteiger partial charge on any atom is 0.319 e. The van der Waals surface area contributed by atoms with Crippen LogP contribution < -0.4 is 20.8 Å². The van der Waals surface area contributed by atoms with Crippen molar-refractivity contribution in [1.29, 1.82) is 0 Å². The standard InChI is InChI=1S/C25H21ClF4N3O3P/c1-37(2,36)23-15(4-3-5-16(23)27)14-7-9-20(22(30)21(14)29)33-11-10-19(24(33)34)32-25(35)31-18-8-6-13(26)12-17(18)28/h3-9,12,19H,10-11H2,1-2H3,(H2,31,32,35)/t19-/m1/s1. The van der Waals surface area contributed by atoms with Crippen LogP contribution in [0.4, 0.5) is 33.7 Å². The van der Waals surface area contributed by atoms with E-state index in [4.69, 9.17) is 11.6 Å². The number of nitrogens with one attached hydrogen (secondary N) is 2. The van der Waals surface area contributed by atoms with E-state index in [0.29, 0.717) is 0 Å². The van der Waals surface area contributed by atoms with E-state index >= 15 is 8.78 Å². The molecular formula is C25H21ClF4N3O3P. The number of amides is 3. The Bertz CT molecular complexity index is 1460. The van der Waals surface area contributed by atoms with E-state index in [-0.39, 0.29) is 45.8 Å². The smallest absolute Gasteiger partial charge is 0.319 e. The SMILES string of the molecule is CP(C)(=O)c1c(F)cccc1-c1ccc(N2CC[C@@H](NC(=O)Nc3ccc(Cl)cc3F)C2=O)c(F)c1F. The molecule has 1 fully saturated rings. The van der Waals surface area contributed by atoms with E-state index in [1.165, 1.54) is 49.7 Å². The lowest BCUT2D eigenvalue weighted by molar-refractivity contribution is -0.118. The monoisotopic (exact) mass is 553 g/mol. The number of carbonyl (C=O) groups is 2. The first-order chi connectivity index (χ1) is 17.4. The molecule has 0 saturated carbocycles. The number of rotatable bonds is 5. The summed E-state index contributed by atoms with van der Waals surface area (Å²) in [7, 11) is -3.19. The molecule has 0 spiro atoms. The molecule has 4 rings (SSSR count). The molecular weight excluding hydrogens is 533 g/mol. The minimum absolute atomic E-state index is 0.0286. The van der Waals surface area contributed by atoms with E-state index in [1.807, 2.05) is 0 Å². The number of hydrogen-bond acceptors (Lipinski definition) is 3. The maximum atomic E-state index is 15.2. The first-order valence-corrected chi connectivity index (χ1v) is 14.0. The molecule has 3 amide bonds. The first-order valence-electron chi connectivity index (χ1n) is 11.0. The van der Waals surface area contributed by atoms with Gasteiger partial charge in [0.1, 0.15) is 24.8 Å². The van der Waals surface area contributed by atoms with Crippen LogP contribution in [0.1, 0.15) is 6.42 Å². The van der Waals surface area contributed by atoms with Gasteiger partial charge in [0.15, 0.2) is 11.6 Å². The summed E-state index contributed by atoms with van der Waals surface area (Å²) in [5, 5.41) is 4.59. The topological polar surface area (TPSA) is 78.5 Å². The van der Waals surface area contributed by atoms with Crippen molar-refractivity contribution < 1.29 is 31.7 Å². The highest BCUT2D eigenvalue weighted by atomic mass is 35.5. The number of benzene rings is 3. The number of urea groups is 1. The number of halogens is 5. The van der Waals surface area contributed by atoms with Crippen LogP contribution in [0.25, 0.3) is 11.1 Å². The zero-order valence-electron chi connectivity index (χ0n) is 19.6. The molecule has 1 atom stereocenters. The second kappa shape index (κ2) is 10.2. The average molecular weight is 554 g/mol. The van der Waals surface area contributed by atoms with Crippen molar-refractivity contribution in [3.05, 3.63) is 76.8 Å². The summed E-state index contributed by atoms with van der Waals surface area (Å²) in [6.45, 7) is 2.62. The zero-order valence-corrected chi connectivity index (χ0v) is 21.3. The molecule has 0 unspecified atom stereocenters. The van der Waals surface area contributed by atoms with Crippen molar-refractivity contribution in [3.63, 3.8) is 0 Å². The number of carbonyl (C=O) groups excluding carboxylic acids is 2. The lowest BCUT2D eigenvalue weighted by Crippen LogP contribution is -2.43. The van der Waals surface area contributed by atoms with Gasteiger partial charge in [0.05, 0.1) is 16.7 Å². The molecule has 0 radical (unpaired) electrons. The van der Waals surface area contributed by atoms with Gasteiger partial charge < -0.3 is 20.1 Å². The van der Waals surface area contributed by atoms with Crippen LogP contribution in [0.15, 0.2) is 48.5 Å². The van der Waals surface area contributed by atoms with Gasteiger partial charge >= 0.3 is 6.03 Å². The largest absolute Gasteiger partial charge is 0.326 e. The Kier molecular flexibility index (Phi) is 7.35. The van der Waals surface area contributed by atoms with Crippen molar-refractivity contribution in [2.45, 2.75) is 12.5 Å². The van der Waals surface area contributed by atoms with Gasteiger partial charge in [0, 0.05) is 17.1 Å². The van der Waals surface area contributed by atoms with Gasteiger partial charge in [0.2, 0.25) is 5.91 Å². The van der Waals surface area contributed by atoms with E-state index in [1.54, 1.807) is 0 Å².